The van der Waals surface area contributed by atoms with Crippen molar-refractivity contribution < 1.29 is 8.42 Å². The topological polar surface area (TPSA) is 64.0 Å². The number of nitrogens with one attached hydrogen (secondary N) is 1. The Morgan fingerprint density at radius 1 is 1.53 bits per heavy atom. The Labute approximate surface area is 104 Å². The number of rotatable bonds is 4. The number of thiophene rings is 1. The molecule has 0 aliphatic rings. The minimum absolute atomic E-state index is 0.210. The molecule has 0 amide bonds. The van der Waals surface area contributed by atoms with E-state index < -0.39 is 10.0 Å². The molecule has 17 heavy (non-hydrogen) atoms. The highest BCUT2D eigenvalue weighted by atomic mass is 32.2. The molecule has 0 aromatic carbocycles. The van der Waals surface area contributed by atoms with Gasteiger partial charge in [-0.05, 0) is 24.4 Å². The van der Waals surface area contributed by atoms with Gasteiger partial charge < -0.3 is 0 Å². The van der Waals surface area contributed by atoms with E-state index in [9.17, 15) is 8.42 Å². The van der Waals surface area contributed by atoms with Gasteiger partial charge in [0, 0.05) is 12.7 Å². The summed E-state index contributed by atoms with van der Waals surface area (Å²) in [6.45, 7) is 2.13. The van der Waals surface area contributed by atoms with Crippen LogP contribution in [0.15, 0.2) is 27.8 Å². The molecule has 2 heterocycles. The number of aryl methyl sites for hydroxylation is 2. The standard InChI is InChI=1S/C10H13N3O2S2/c1-8-6-9(12-13(8)2)7-11-17(14,15)10-4-3-5-16-10/h3-6,11H,7H2,1-2H3. The summed E-state index contributed by atoms with van der Waals surface area (Å²) < 4.78 is 28.2. The summed E-state index contributed by atoms with van der Waals surface area (Å²) in [4.78, 5) is 0. The van der Waals surface area contributed by atoms with Crippen molar-refractivity contribution in [3.8, 4) is 0 Å². The van der Waals surface area contributed by atoms with E-state index in [0.29, 0.717) is 9.90 Å². The van der Waals surface area contributed by atoms with Gasteiger partial charge in [-0.3, -0.25) is 4.68 Å². The molecular weight excluding hydrogens is 258 g/mol. The minimum atomic E-state index is -3.40. The SMILES string of the molecule is Cc1cc(CNS(=O)(=O)c2cccs2)nn1C. The van der Waals surface area contributed by atoms with E-state index in [1.165, 1.54) is 11.3 Å². The molecule has 7 heteroatoms. The average molecular weight is 271 g/mol. The molecule has 0 unspecified atom stereocenters. The average Bonchev–Trinajstić information content (AvgIpc) is 2.87. The maximum absolute atomic E-state index is 11.8. The van der Waals surface area contributed by atoms with E-state index in [2.05, 4.69) is 9.82 Å². The summed E-state index contributed by atoms with van der Waals surface area (Å²) in [7, 11) is -1.57. The van der Waals surface area contributed by atoms with Crippen molar-refractivity contribution in [3.05, 3.63) is 35.0 Å². The molecule has 0 fully saturated rings. The van der Waals surface area contributed by atoms with Crippen molar-refractivity contribution in [2.75, 3.05) is 0 Å². The lowest BCUT2D eigenvalue weighted by Gasteiger charge is -2.01. The predicted molar refractivity (Wildman–Crippen MR) is 66.3 cm³/mol. The molecule has 5 nitrogen and oxygen atoms in total. The van der Waals surface area contributed by atoms with Crippen molar-refractivity contribution in [2.45, 2.75) is 17.7 Å². The molecule has 0 saturated heterocycles. The summed E-state index contributed by atoms with van der Waals surface area (Å²) in [5, 5.41) is 5.92. The van der Waals surface area contributed by atoms with Gasteiger partial charge in [-0.1, -0.05) is 6.07 Å². The molecule has 0 atom stereocenters. The minimum Gasteiger partial charge on any atom is -0.273 e. The van der Waals surface area contributed by atoms with Crippen molar-refractivity contribution in [1.82, 2.24) is 14.5 Å². The molecule has 0 aliphatic carbocycles. The fourth-order valence-corrected chi connectivity index (χ4v) is 3.41. The molecule has 2 aromatic heterocycles. The highest BCUT2D eigenvalue weighted by Gasteiger charge is 2.15. The molecule has 0 spiro atoms. The molecular formula is C10H13N3O2S2. The zero-order chi connectivity index (χ0) is 12.5. The van der Waals surface area contributed by atoms with Gasteiger partial charge in [-0.25, -0.2) is 13.1 Å². The van der Waals surface area contributed by atoms with Crippen LogP contribution in [0, 0.1) is 6.92 Å². The van der Waals surface area contributed by atoms with E-state index in [4.69, 9.17) is 0 Å². The van der Waals surface area contributed by atoms with Gasteiger partial charge in [0.05, 0.1) is 12.2 Å². The third-order valence-corrected chi connectivity index (χ3v) is 5.17. The van der Waals surface area contributed by atoms with Crippen LogP contribution in [0.5, 0.6) is 0 Å². The highest BCUT2D eigenvalue weighted by Crippen LogP contribution is 2.15. The first kappa shape index (κ1) is 12.3. The number of nitrogens with zero attached hydrogens (tertiary/aromatic N) is 2. The largest absolute Gasteiger partial charge is 0.273 e. The lowest BCUT2D eigenvalue weighted by molar-refractivity contribution is 0.581. The molecule has 2 aromatic rings. The van der Waals surface area contributed by atoms with E-state index in [-0.39, 0.29) is 6.54 Å². The van der Waals surface area contributed by atoms with Crippen molar-refractivity contribution in [1.29, 1.82) is 0 Å². The number of sulfonamides is 1. The summed E-state index contributed by atoms with van der Waals surface area (Å²) >= 11 is 1.20. The summed E-state index contributed by atoms with van der Waals surface area (Å²) in [5.74, 6) is 0. The van der Waals surface area contributed by atoms with Gasteiger partial charge in [0.15, 0.2) is 0 Å². The Morgan fingerprint density at radius 3 is 2.82 bits per heavy atom. The lowest BCUT2D eigenvalue weighted by atomic mass is 10.4. The quantitative estimate of drug-likeness (QED) is 0.910. The number of hydrogen-bond donors (Lipinski definition) is 1. The normalized spacial score (nSPS) is 11.9. The summed E-state index contributed by atoms with van der Waals surface area (Å²) in [6, 6.07) is 5.15. The Balaban J connectivity index is 2.08. The van der Waals surface area contributed by atoms with Crippen LogP contribution in [0.2, 0.25) is 0 Å². The second-order valence-electron chi connectivity index (χ2n) is 3.66. The maximum atomic E-state index is 11.8. The van der Waals surface area contributed by atoms with E-state index in [0.717, 1.165) is 5.69 Å². The van der Waals surface area contributed by atoms with Gasteiger partial charge in [0.1, 0.15) is 4.21 Å². The first-order valence-corrected chi connectivity index (χ1v) is 7.38. The Morgan fingerprint density at radius 2 is 2.29 bits per heavy atom. The molecule has 0 bridgehead atoms. The van der Waals surface area contributed by atoms with Crippen LogP contribution in [-0.2, 0) is 23.6 Å². The first-order valence-electron chi connectivity index (χ1n) is 5.02. The summed E-state index contributed by atoms with van der Waals surface area (Å²) in [5.41, 5.74) is 1.71. The second-order valence-corrected chi connectivity index (χ2v) is 6.60. The van der Waals surface area contributed by atoms with Crippen LogP contribution in [0.4, 0.5) is 0 Å². The van der Waals surface area contributed by atoms with Gasteiger partial charge in [-0.15, -0.1) is 11.3 Å². The van der Waals surface area contributed by atoms with Gasteiger partial charge in [-0.2, -0.15) is 5.10 Å². The molecule has 92 valence electrons. The van der Waals surface area contributed by atoms with Crippen LogP contribution < -0.4 is 4.72 Å². The van der Waals surface area contributed by atoms with E-state index in [1.807, 2.05) is 20.0 Å². The number of aromatic nitrogens is 2. The van der Waals surface area contributed by atoms with E-state index in [1.54, 1.807) is 22.2 Å². The predicted octanol–water partition coefficient (Wildman–Crippen LogP) is 1.27. The fourth-order valence-electron chi connectivity index (χ4n) is 1.38. The first-order chi connectivity index (χ1) is 7.99. The number of hydrogen-bond acceptors (Lipinski definition) is 4. The van der Waals surface area contributed by atoms with Crippen LogP contribution in [0.1, 0.15) is 11.4 Å². The summed E-state index contributed by atoms with van der Waals surface area (Å²) in [6.07, 6.45) is 0. The van der Waals surface area contributed by atoms with Gasteiger partial charge in [0.25, 0.3) is 0 Å². The second kappa shape index (κ2) is 4.59. The smallest absolute Gasteiger partial charge is 0.250 e. The highest BCUT2D eigenvalue weighted by molar-refractivity contribution is 7.91. The zero-order valence-corrected chi connectivity index (χ0v) is 11.2. The monoisotopic (exact) mass is 271 g/mol. The fraction of sp³-hybridized carbons (Fsp3) is 0.300. The zero-order valence-electron chi connectivity index (χ0n) is 9.54. The lowest BCUT2D eigenvalue weighted by Crippen LogP contribution is -2.22. The van der Waals surface area contributed by atoms with Gasteiger partial charge >= 0.3 is 0 Å². The van der Waals surface area contributed by atoms with Crippen LogP contribution in [0.25, 0.3) is 0 Å². The van der Waals surface area contributed by atoms with Crippen LogP contribution in [0.3, 0.4) is 0 Å². The Hall–Kier alpha value is -1.18. The van der Waals surface area contributed by atoms with Gasteiger partial charge in [0.2, 0.25) is 10.0 Å². The molecule has 1 N–H and O–H groups in total. The Kier molecular flexibility index (Phi) is 3.32. The van der Waals surface area contributed by atoms with Crippen LogP contribution in [-0.4, -0.2) is 18.2 Å². The van der Waals surface area contributed by atoms with Crippen molar-refractivity contribution in [2.24, 2.45) is 7.05 Å². The van der Waals surface area contributed by atoms with Crippen molar-refractivity contribution >= 4 is 21.4 Å². The maximum Gasteiger partial charge on any atom is 0.250 e. The molecule has 0 saturated carbocycles. The molecule has 0 radical (unpaired) electrons. The van der Waals surface area contributed by atoms with Crippen molar-refractivity contribution in [3.63, 3.8) is 0 Å². The van der Waals surface area contributed by atoms with E-state index >= 15 is 0 Å². The Bertz CT molecular complexity index is 580. The molecule has 0 aliphatic heterocycles. The molecule has 2 rings (SSSR count). The third-order valence-electron chi connectivity index (χ3n) is 2.37. The van der Waals surface area contributed by atoms with Crippen LogP contribution >= 0.6 is 11.3 Å². The third kappa shape index (κ3) is 2.74.